The lowest BCUT2D eigenvalue weighted by atomic mass is 10.2. The van der Waals surface area contributed by atoms with Crippen LogP contribution in [0.25, 0.3) is 0 Å². The fourth-order valence-electron chi connectivity index (χ4n) is 1.88. The number of nitrogens with one attached hydrogen (secondary N) is 2. The third kappa shape index (κ3) is 5.24. The van der Waals surface area contributed by atoms with E-state index in [0.29, 0.717) is 16.8 Å². The van der Waals surface area contributed by atoms with Crippen LogP contribution in [0.2, 0.25) is 0 Å². The van der Waals surface area contributed by atoms with E-state index in [-0.39, 0.29) is 24.8 Å². The molecular formula is C17H14BrN3O2. The van der Waals surface area contributed by atoms with Gasteiger partial charge in [0.1, 0.15) is 0 Å². The van der Waals surface area contributed by atoms with Gasteiger partial charge in [-0.15, -0.1) is 0 Å². The normalized spacial score (nSPS) is 9.74. The second-order valence-corrected chi connectivity index (χ2v) is 5.67. The molecule has 6 heteroatoms. The first-order valence-corrected chi connectivity index (χ1v) is 7.71. The number of nitriles is 1. The number of hydrogen-bond donors (Lipinski definition) is 2. The standard InChI is InChI=1S/C17H14BrN3O2/c18-14-6-4-13(5-7-14)17(23)20-9-8-16(22)21-15-3-1-2-12(10-15)11-19/h1-7,10H,8-9H2,(H,20,23)(H,21,22). The highest BCUT2D eigenvalue weighted by Gasteiger charge is 2.07. The molecule has 0 aliphatic carbocycles. The van der Waals surface area contributed by atoms with Gasteiger partial charge in [-0.1, -0.05) is 22.0 Å². The first kappa shape index (κ1) is 16.7. The number of anilines is 1. The van der Waals surface area contributed by atoms with Crippen molar-refractivity contribution >= 4 is 33.4 Å². The van der Waals surface area contributed by atoms with E-state index in [1.807, 2.05) is 6.07 Å². The number of benzene rings is 2. The lowest BCUT2D eigenvalue weighted by molar-refractivity contribution is -0.116. The molecule has 2 aromatic rings. The van der Waals surface area contributed by atoms with Crippen LogP contribution in [0.3, 0.4) is 0 Å². The Morgan fingerprint density at radius 1 is 1.13 bits per heavy atom. The number of carbonyl (C=O) groups excluding carboxylic acids is 2. The number of nitrogens with zero attached hydrogens (tertiary/aromatic N) is 1. The molecule has 0 aromatic heterocycles. The van der Waals surface area contributed by atoms with Crippen LogP contribution in [0.4, 0.5) is 5.69 Å². The first-order chi connectivity index (χ1) is 11.1. The first-order valence-electron chi connectivity index (χ1n) is 6.92. The summed E-state index contributed by atoms with van der Waals surface area (Å²) in [6, 6.07) is 15.6. The minimum Gasteiger partial charge on any atom is -0.352 e. The zero-order chi connectivity index (χ0) is 16.7. The summed E-state index contributed by atoms with van der Waals surface area (Å²) in [5.41, 5.74) is 1.58. The van der Waals surface area contributed by atoms with E-state index < -0.39 is 0 Å². The predicted molar refractivity (Wildman–Crippen MR) is 90.9 cm³/mol. The molecule has 2 N–H and O–H groups in total. The minimum atomic E-state index is -0.226. The summed E-state index contributed by atoms with van der Waals surface area (Å²) < 4.78 is 0.896. The van der Waals surface area contributed by atoms with Crippen molar-refractivity contribution in [1.29, 1.82) is 5.26 Å². The zero-order valence-electron chi connectivity index (χ0n) is 12.2. The molecule has 116 valence electrons. The third-order valence-electron chi connectivity index (χ3n) is 3.02. The van der Waals surface area contributed by atoms with E-state index in [1.54, 1.807) is 48.5 Å². The largest absolute Gasteiger partial charge is 0.352 e. The van der Waals surface area contributed by atoms with Crippen LogP contribution in [0.5, 0.6) is 0 Å². The lowest BCUT2D eigenvalue weighted by Crippen LogP contribution is -2.27. The highest BCUT2D eigenvalue weighted by molar-refractivity contribution is 9.10. The predicted octanol–water partition coefficient (Wildman–Crippen LogP) is 3.08. The molecule has 2 aromatic carbocycles. The van der Waals surface area contributed by atoms with Gasteiger partial charge in [-0.2, -0.15) is 5.26 Å². The van der Waals surface area contributed by atoms with Gasteiger partial charge in [0, 0.05) is 28.7 Å². The van der Waals surface area contributed by atoms with E-state index >= 15 is 0 Å². The van der Waals surface area contributed by atoms with Gasteiger partial charge in [-0.3, -0.25) is 9.59 Å². The molecule has 0 aliphatic rings. The Labute approximate surface area is 142 Å². The van der Waals surface area contributed by atoms with Crippen molar-refractivity contribution in [2.45, 2.75) is 6.42 Å². The summed E-state index contributed by atoms with van der Waals surface area (Å²) in [5.74, 6) is -0.451. The molecule has 2 rings (SSSR count). The van der Waals surface area contributed by atoms with Crippen molar-refractivity contribution in [2.75, 3.05) is 11.9 Å². The van der Waals surface area contributed by atoms with Gasteiger partial charge in [-0.05, 0) is 42.5 Å². The smallest absolute Gasteiger partial charge is 0.251 e. The topological polar surface area (TPSA) is 82.0 Å². The molecule has 23 heavy (non-hydrogen) atoms. The van der Waals surface area contributed by atoms with Crippen molar-refractivity contribution in [2.24, 2.45) is 0 Å². The number of hydrogen-bond acceptors (Lipinski definition) is 3. The Morgan fingerprint density at radius 2 is 1.87 bits per heavy atom. The van der Waals surface area contributed by atoms with Crippen molar-refractivity contribution in [3.05, 3.63) is 64.1 Å². The molecule has 0 atom stereocenters. The summed E-state index contributed by atoms with van der Waals surface area (Å²) >= 11 is 3.30. The average Bonchev–Trinajstić information content (AvgIpc) is 2.55. The molecule has 0 heterocycles. The maximum atomic E-state index is 11.9. The monoisotopic (exact) mass is 371 g/mol. The Bertz CT molecular complexity index is 751. The minimum absolute atomic E-state index is 0.152. The Morgan fingerprint density at radius 3 is 2.57 bits per heavy atom. The Balaban J connectivity index is 1.79. The molecule has 5 nitrogen and oxygen atoms in total. The fraction of sp³-hybridized carbons (Fsp3) is 0.118. The molecule has 0 radical (unpaired) electrons. The highest BCUT2D eigenvalue weighted by atomic mass is 79.9. The van der Waals surface area contributed by atoms with Crippen LogP contribution in [0, 0.1) is 11.3 Å². The second-order valence-electron chi connectivity index (χ2n) is 4.75. The van der Waals surface area contributed by atoms with E-state index in [4.69, 9.17) is 5.26 Å². The van der Waals surface area contributed by atoms with Gasteiger partial charge >= 0.3 is 0 Å². The van der Waals surface area contributed by atoms with Gasteiger partial charge in [0.15, 0.2) is 0 Å². The van der Waals surface area contributed by atoms with Crippen LogP contribution >= 0.6 is 15.9 Å². The van der Waals surface area contributed by atoms with E-state index in [1.165, 1.54) is 0 Å². The summed E-state index contributed by atoms with van der Waals surface area (Å²) in [5, 5.41) is 14.2. The summed E-state index contributed by atoms with van der Waals surface area (Å²) in [6.07, 6.45) is 0.152. The van der Waals surface area contributed by atoms with Crippen molar-refractivity contribution in [3.8, 4) is 6.07 Å². The Kier molecular flexibility index (Phi) is 5.89. The Hall–Kier alpha value is -2.65. The summed E-state index contributed by atoms with van der Waals surface area (Å²) in [6.45, 7) is 0.235. The third-order valence-corrected chi connectivity index (χ3v) is 3.55. The molecule has 2 amide bonds. The zero-order valence-corrected chi connectivity index (χ0v) is 13.8. The molecule has 0 saturated carbocycles. The molecule has 0 fully saturated rings. The SMILES string of the molecule is N#Cc1cccc(NC(=O)CCNC(=O)c2ccc(Br)cc2)c1. The summed E-state index contributed by atoms with van der Waals surface area (Å²) in [7, 11) is 0. The number of halogens is 1. The van der Waals surface area contributed by atoms with Crippen LogP contribution in [0.1, 0.15) is 22.3 Å². The maximum absolute atomic E-state index is 11.9. The van der Waals surface area contributed by atoms with Crippen molar-refractivity contribution in [1.82, 2.24) is 5.32 Å². The van der Waals surface area contributed by atoms with Gasteiger partial charge in [0.2, 0.25) is 5.91 Å². The highest BCUT2D eigenvalue weighted by Crippen LogP contribution is 2.11. The maximum Gasteiger partial charge on any atom is 0.251 e. The molecule has 0 saturated heterocycles. The van der Waals surface area contributed by atoms with Gasteiger partial charge in [0.25, 0.3) is 5.91 Å². The quantitative estimate of drug-likeness (QED) is 0.846. The molecule has 0 aliphatic heterocycles. The fourth-order valence-corrected chi connectivity index (χ4v) is 2.15. The van der Waals surface area contributed by atoms with Gasteiger partial charge in [0.05, 0.1) is 11.6 Å². The number of rotatable bonds is 5. The van der Waals surface area contributed by atoms with Crippen LogP contribution in [-0.4, -0.2) is 18.4 Å². The molecule has 0 spiro atoms. The number of amides is 2. The summed E-state index contributed by atoms with van der Waals surface area (Å²) in [4.78, 5) is 23.7. The van der Waals surface area contributed by atoms with E-state index in [2.05, 4.69) is 26.6 Å². The van der Waals surface area contributed by atoms with E-state index in [0.717, 1.165) is 4.47 Å². The molecule has 0 bridgehead atoms. The molecular weight excluding hydrogens is 358 g/mol. The lowest BCUT2D eigenvalue weighted by Gasteiger charge is -2.07. The van der Waals surface area contributed by atoms with Gasteiger partial charge < -0.3 is 10.6 Å². The van der Waals surface area contributed by atoms with Crippen molar-refractivity contribution < 1.29 is 9.59 Å². The van der Waals surface area contributed by atoms with Crippen LogP contribution < -0.4 is 10.6 Å². The van der Waals surface area contributed by atoms with Crippen LogP contribution in [-0.2, 0) is 4.79 Å². The molecule has 0 unspecified atom stereocenters. The van der Waals surface area contributed by atoms with Crippen LogP contribution in [0.15, 0.2) is 53.0 Å². The average molecular weight is 372 g/mol. The second kappa shape index (κ2) is 8.11. The van der Waals surface area contributed by atoms with Crippen molar-refractivity contribution in [3.63, 3.8) is 0 Å². The number of carbonyl (C=O) groups is 2. The van der Waals surface area contributed by atoms with E-state index in [9.17, 15) is 9.59 Å². The van der Waals surface area contributed by atoms with Gasteiger partial charge in [-0.25, -0.2) is 0 Å².